The number of benzene rings is 1. The Labute approximate surface area is 501 Å². The largest absolute Gasteiger partial charge is 0.462 e. The predicted octanol–water partition coefficient (Wildman–Crippen LogP) is 16.6. The number of anilines is 1. The van der Waals surface area contributed by atoms with E-state index < -0.39 is 17.8 Å². The van der Waals surface area contributed by atoms with Crippen LogP contribution in [0.2, 0.25) is 0 Å². The minimum atomic E-state index is -0.666. The maximum absolute atomic E-state index is 14.0. The number of hydrogen-bond donors (Lipinski definition) is 0. The molecule has 0 radical (unpaired) electrons. The van der Waals surface area contributed by atoms with E-state index in [0.29, 0.717) is 41.3 Å². The van der Waals surface area contributed by atoms with Gasteiger partial charge in [-0.3, -0.25) is 29.0 Å². The zero-order valence-corrected chi connectivity index (χ0v) is 53.7. The zero-order valence-electron chi connectivity index (χ0n) is 53.7. The molecule has 1 aromatic rings. The van der Waals surface area contributed by atoms with Crippen LogP contribution in [-0.2, 0) is 28.7 Å². The third-order valence-corrected chi connectivity index (χ3v) is 25.5. The van der Waals surface area contributed by atoms with Crippen LogP contribution in [0.5, 0.6) is 0 Å². The van der Waals surface area contributed by atoms with E-state index in [0.717, 1.165) is 126 Å². The number of fused-ring (bicyclic) bond motifs is 10. The molecule has 0 aromatic heterocycles. The van der Waals surface area contributed by atoms with Crippen molar-refractivity contribution in [1.82, 2.24) is 9.80 Å². The van der Waals surface area contributed by atoms with Crippen LogP contribution in [0.25, 0.3) is 6.08 Å². The molecular formula is C73H109N3O7. The number of nitrogens with zero attached hydrogens (tertiary/aromatic N) is 3. The first kappa shape index (κ1) is 61.9. The Morgan fingerprint density at radius 2 is 1.01 bits per heavy atom. The molecular weight excluding hydrogens is 1030 g/mol. The lowest BCUT2D eigenvalue weighted by Gasteiger charge is -2.58. The monoisotopic (exact) mass is 1140 g/mol. The van der Waals surface area contributed by atoms with Gasteiger partial charge in [0.2, 0.25) is 0 Å². The molecule has 10 rings (SSSR count). The van der Waals surface area contributed by atoms with Gasteiger partial charge in [0, 0.05) is 45.7 Å². The summed E-state index contributed by atoms with van der Waals surface area (Å²) >= 11 is 0. The summed E-state index contributed by atoms with van der Waals surface area (Å²) in [5.41, 5.74) is 5.60. The van der Waals surface area contributed by atoms with E-state index in [1.54, 1.807) is 0 Å². The van der Waals surface area contributed by atoms with E-state index in [4.69, 9.17) is 9.47 Å². The topological polar surface area (TPSA) is 114 Å². The van der Waals surface area contributed by atoms with Crippen LogP contribution >= 0.6 is 0 Å². The van der Waals surface area contributed by atoms with Crippen molar-refractivity contribution in [3.05, 3.63) is 58.7 Å². The number of esters is 2. The highest BCUT2D eigenvalue weighted by molar-refractivity contribution is 6.30. The summed E-state index contributed by atoms with van der Waals surface area (Å²) in [5, 5.41) is 0. The smallest absolute Gasteiger partial charge is 0.333 e. The van der Waals surface area contributed by atoms with Crippen molar-refractivity contribution >= 4 is 41.5 Å². The Balaban J connectivity index is 0.764. The number of barbiturate groups is 1. The van der Waals surface area contributed by atoms with Gasteiger partial charge in [0.15, 0.2) is 0 Å². The molecule has 1 heterocycles. The molecule has 0 unspecified atom stereocenters. The van der Waals surface area contributed by atoms with Crippen LogP contribution in [0.3, 0.4) is 0 Å². The molecule has 1 aliphatic heterocycles. The lowest BCUT2D eigenvalue weighted by Crippen LogP contribution is -2.52. The maximum Gasteiger partial charge on any atom is 0.333 e. The molecule has 9 aliphatic rings. The molecule has 8 aliphatic carbocycles. The van der Waals surface area contributed by atoms with Crippen molar-refractivity contribution in [3.8, 4) is 0 Å². The second-order valence-electron chi connectivity index (χ2n) is 30.9. The molecule has 1 aromatic carbocycles. The molecule has 10 nitrogen and oxygen atoms in total. The number of carbonyl (C=O) groups is 5. The van der Waals surface area contributed by atoms with Crippen LogP contribution in [0.1, 0.15) is 229 Å². The summed E-state index contributed by atoms with van der Waals surface area (Å²) in [5.74, 6) is 7.64. The second kappa shape index (κ2) is 24.9. The van der Waals surface area contributed by atoms with Gasteiger partial charge in [-0.1, -0.05) is 143 Å². The van der Waals surface area contributed by atoms with Crippen LogP contribution in [0.15, 0.2) is 53.1 Å². The average Bonchev–Trinajstić information content (AvgIpc) is 1.84. The minimum Gasteiger partial charge on any atom is -0.462 e. The van der Waals surface area contributed by atoms with E-state index in [9.17, 15) is 24.0 Å². The van der Waals surface area contributed by atoms with Crippen molar-refractivity contribution in [2.45, 2.75) is 236 Å². The molecule has 4 amide bonds. The highest BCUT2D eigenvalue weighted by atomic mass is 16.5. The number of likely N-dealkylation sites (N-methyl/N-ethyl adjacent to an activating group) is 2. The number of carbonyl (C=O) groups excluding carboxylic acids is 5. The molecule has 0 spiro atoms. The van der Waals surface area contributed by atoms with Gasteiger partial charge in [-0.05, 0) is 206 Å². The summed E-state index contributed by atoms with van der Waals surface area (Å²) < 4.78 is 12.8. The molecule has 83 heavy (non-hydrogen) atoms. The number of amides is 4. The van der Waals surface area contributed by atoms with Crippen LogP contribution in [0.4, 0.5) is 10.5 Å². The third kappa shape index (κ3) is 12.1. The summed E-state index contributed by atoms with van der Waals surface area (Å²) in [4.78, 5) is 70.5. The number of imide groups is 2. The van der Waals surface area contributed by atoms with Crippen LogP contribution < -0.4 is 4.90 Å². The zero-order chi connectivity index (χ0) is 59.3. The highest BCUT2D eigenvalue weighted by Gasteiger charge is 2.61. The fraction of sp³-hybridized carbons (Fsp3) is 0.767. The van der Waals surface area contributed by atoms with E-state index in [2.05, 4.69) is 86.3 Å². The molecule has 458 valence electrons. The van der Waals surface area contributed by atoms with E-state index in [1.165, 1.54) is 121 Å². The minimum absolute atomic E-state index is 0.0911. The van der Waals surface area contributed by atoms with Gasteiger partial charge in [-0.25, -0.2) is 4.79 Å². The Kier molecular flexibility index (Phi) is 18.5. The molecule has 6 saturated carbocycles. The van der Waals surface area contributed by atoms with Gasteiger partial charge >= 0.3 is 18.0 Å². The Bertz CT molecular complexity index is 2500. The number of urea groups is 1. The second-order valence-corrected chi connectivity index (χ2v) is 30.9. The van der Waals surface area contributed by atoms with Crippen molar-refractivity contribution < 1.29 is 33.4 Å². The molecule has 0 bridgehead atoms. The van der Waals surface area contributed by atoms with Crippen molar-refractivity contribution in [1.29, 1.82) is 0 Å². The lowest BCUT2D eigenvalue weighted by molar-refractivity contribution is -0.151. The Morgan fingerprint density at radius 3 is 1.43 bits per heavy atom. The lowest BCUT2D eigenvalue weighted by atomic mass is 9.47. The van der Waals surface area contributed by atoms with Crippen molar-refractivity contribution in [3.63, 3.8) is 0 Å². The van der Waals surface area contributed by atoms with Gasteiger partial charge in [0.05, 0.1) is 12.8 Å². The molecule has 16 atom stereocenters. The SMILES string of the molecule is CC(C)CCC[C@@H](C)[C@H]1CC[C@H]2[C@@H]3CC=C4C[C@@H](OC(=O)CCN(CCC(=O)O[C@H]5CC[C@@]6(C)C(=CC[C@H]7[C@@H]8CC[C@H]([C@H](C)CCCC(C)C)[C@@]8(C)CC[C@@H]76)C5)c5ccc(C=C6C(=O)N(C)C(=O)N(C)C6=O)cc5)CC[C@]4(C)[C@H]3CC[C@]12C. The molecule has 7 fully saturated rings. The predicted molar refractivity (Wildman–Crippen MR) is 333 cm³/mol. The normalized spacial score (nSPS) is 36.5. The van der Waals surface area contributed by atoms with Crippen LogP contribution in [-0.4, -0.2) is 79.0 Å². The first-order valence-electron chi connectivity index (χ1n) is 33.9. The van der Waals surface area contributed by atoms with Gasteiger partial charge in [0.25, 0.3) is 11.8 Å². The van der Waals surface area contributed by atoms with Gasteiger partial charge < -0.3 is 14.4 Å². The standard InChI is InChI=1S/C73H109N3O7/c1-46(2)15-13-17-48(5)59-27-29-61-56-25-21-51-44-54(31-37-70(51,7)63(56)33-39-72(59,61)9)82-65(77)35-41-76(53-23-19-50(20-24-53)43-58-67(79)74(11)69(81)75(12)68(58)80)42-36-66(78)83-55-32-38-71(8)52(45-55)22-26-57-62-30-28-60(49(6)18-14-16-47(3)4)73(62,10)40-34-64(57)71/h19-24,43,46-49,54-57,59-64H,13-18,25-42,44-45H2,1-12H3/t48-,49-,54+,55+,56+,57+,59-,60-,61+,62+,63+,64+,70+,71+,72-,73-/m1/s1. The van der Waals surface area contributed by atoms with Crippen LogP contribution in [0, 0.1) is 92.7 Å². The molecule has 1 saturated heterocycles. The van der Waals surface area contributed by atoms with E-state index >= 15 is 0 Å². The summed E-state index contributed by atoms with van der Waals surface area (Å²) in [6, 6.07) is 6.79. The molecule has 10 heteroatoms. The molecule has 0 N–H and O–H groups in total. The first-order valence-corrected chi connectivity index (χ1v) is 33.9. The van der Waals surface area contributed by atoms with E-state index in [1.807, 2.05) is 24.3 Å². The number of ether oxygens (including phenoxy) is 2. The maximum atomic E-state index is 14.0. The number of rotatable bonds is 20. The van der Waals surface area contributed by atoms with Gasteiger partial charge in [0.1, 0.15) is 17.8 Å². The third-order valence-electron chi connectivity index (χ3n) is 25.5. The fourth-order valence-corrected chi connectivity index (χ4v) is 20.7. The Hall–Kier alpha value is -4.21. The fourth-order valence-electron chi connectivity index (χ4n) is 20.7. The summed E-state index contributed by atoms with van der Waals surface area (Å²) in [6.07, 6.45) is 33.6. The number of hydrogen-bond acceptors (Lipinski definition) is 8. The highest BCUT2D eigenvalue weighted by Crippen LogP contribution is 2.69. The van der Waals surface area contributed by atoms with Gasteiger partial charge in [-0.15, -0.1) is 0 Å². The number of allylic oxidation sites excluding steroid dienone is 2. The van der Waals surface area contributed by atoms with Crippen molar-refractivity contribution in [2.75, 3.05) is 32.1 Å². The Morgan fingerprint density at radius 1 is 0.578 bits per heavy atom. The first-order chi connectivity index (χ1) is 39.4. The van der Waals surface area contributed by atoms with E-state index in [-0.39, 0.29) is 53.4 Å². The van der Waals surface area contributed by atoms with Crippen molar-refractivity contribution in [2.24, 2.45) is 92.7 Å². The van der Waals surface area contributed by atoms with Gasteiger partial charge in [-0.2, -0.15) is 0 Å². The average molecular weight is 1140 g/mol. The summed E-state index contributed by atoms with van der Waals surface area (Å²) in [6.45, 7) is 25.7. The quantitative estimate of drug-likeness (QED) is 0.0549. The summed E-state index contributed by atoms with van der Waals surface area (Å²) in [7, 11) is 2.74.